The smallest absolute Gasteiger partial charge is 0.256 e. The van der Waals surface area contributed by atoms with Crippen molar-refractivity contribution in [3.05, 3.63) is 65.0 Å². The van der Waals surface area contributed by atoms with E-state index in [1.165, 1.54) is 0 Å². The Balaban J connectivity index is 1.75. The molecule has 0 saturated carbocycles. The molecule has 0 saturated heterocycles. The van der Waals surface area contributed by atoms with E-state index in [0.29, 0.717) is 41.7 Å². The zero-order valence-corrected chi connectivity index (χ0v) is 19.9. The number of amides is 1. The molecule has 1 N–H and O–H groups in total. The molecule has 0 radical (unpaired) electrons. The molecular weight excluding hydrogens is 424 g/mol. The second kappa shape index (κ2) is 11.6. The van der Waals surface area contributed by atoms with Gasteiger partial charge in [-0.25, -0.2) is 0 Å². The number of carbonyl (C=O) groups excluding carboxylic acids is 1. The highest BCUT2D eigenvalue weighted by molar-refractivity contribution is 7.98. The van der Waals surface area contributed by atoms with Crippen molar-refractivity contribution in [1.29, 1.82) is 0 Å². The minimum absolute atomic E-state index is 0.171. The molecule has 0 aliphatic rings. The van der Waals surface area contributed by atoms with E-state index in [9.17, 15) is 4.79 Å². The third-order valence-corrected chi connectivity index (χ3v) is 5.91. The standard InChI is InChI=1S/C25H30N2O4S/c1-5-13-29-22-12-11-19(15-23(22)30-14-6-2)26-25(28)20-9-7-8-10-24(20)32-16-21-17(3)27-31-18(21)4/h7-12,15H,5-6,13-14,16H2,1-4H3,(H,26,28). The molecule has 0 fully saturated rings. The third kappa shape index (κ3) is 6.07. The summed E-state index contributed by atoms with van der Waals surface area (Å²) >= 11 is 1.59. The zero-order valence-electron chi connectivity index (χ0n) is 19.1. The molecule has 7 heteroatoms. The van der Waals surface area contributed by atoms with Crippen LogP contribution in [0.4, 0.5) is 5.69 Å². The molecule has 0 aliphatic heterocycles. The number of thioether (sulfide) groups is 1. The van der Waals surface area contributed by atoms with Crippen molar-refractivity contribution in [1.82, 2.24) is 5.16 Å². The van der Waals surface area contributed by atoms with Gasteiger partial charge in [-0.05, 0) is 51.0 Å². The molecular formula is C25H30N2O4S. The van der Waals surface area contributed by atoms with Crippen LogP contribution in [0.25, 0.3) is 0 Å². The number of benzene rings is 2. The second-order valence-electron chi connectivity index (χ2n) is 7.40. The Kier molecular flexibility index (Phi) is 8.62. The molecule has 0 atom stereocenters. The predicted octanol–water partition coefficient (Wildman–Crippen LogP) is 6.41. The van der Waals surface area contributed by atoms with E-state index in [-0.39, 0.29) is 5.91 Å². The fourth-order valence-electron chi connectivity index (χ4n) is 3.08. The Morgan fingerprint density at radius 3 is 2.44 bits per heavy atom. The third-order valence-electron chi connectivity index (χ3n) is 4.81. The van der Waals surface area contributed by atoms with Crippen LogP contribution < -0.4 is 14.8 Å². The number of hydrogen-bond acceptors (Lipinski definition) is 6. The molecule has 170 valence electrons. The van der Waals surface area contributed by atoms with Gasteiger partial charge in [0.15, 0.2) is 11.5 Å². The van der Waals surface area contributed by atoms with E-state index in [2.05, 4.69) is 24.3 Å². The van der Waals surface area contributed by atoms with Crippen molar-refractivity contribution in [2.45, 2.75) is 51.2 Å². The van der Waals surface area contributed by atoms with E-state index in [1.54, 1.807) is 11.8 Å². The lowest BCUT2D eigenvalue weighted by Gasteiger charge is -2.15. The van der Waals surface area contributed by atoms with Crippen molar-refractivity contribution in [2.24, 2.45) is 0 Å². The predicted molar refractivity (Wildman–Crippen MR) is 128 cm³/mol. The molecule has 0 unspecified atom stereocenters. The lowest BCUT2D eigenvalue weighted by atomic mass is 10.2. The van der Waals surface area contributed by atoms with Crippen molar-refractivity contribution in [3.63, 3.8) is 0 Å². The zero-order chi connectivity index (χ0) is 22.9. The van der Waals surface area contributed by atoms with Gasteiger partial charge < -0.3 is 19.3 Å². The van der Waals surface area contributed by atoms with Gasteiger partial charge in [-0.15, -0.1) is 11.8 Å². The number of nitrogens with one attached hydrogen (secondary N) is 1. The van der Waals surface area contributed by atoms with E-state index in [0.717, 1.165) is 34.8 Å². The summed E-state index contributed by atoms with van der Waals surface area (Å²) in [6.07, 6.45) is 1.80. The molecule has 3 aromatic rings. The van der Waals surface area contributed by atoms with Crippen LogP contribution in [-0.2, 0) is 5.75 Å². The van der Waals surface area contributed by atoms with Crippen LogP contribution in [0.3, 0.4) is 0 Å². The summed E-state index contributed by atoms with van der Waals surface area (Å²) in [6.45, 7) is 9.14. The SMILES string of the molecule is CCCOc1ccc(NC(=O)c2ccccc2SCc2c(C)noc2C)cc1OCCC. The average molecular weight is 455 g/mol. The number of anilines is 1. The largest absolute Gasteiger partial charge is 0.490 e. The lowest BCUT2D eigenvalue weighted by Crippen LogP contribution is -2.13. The first-order chi connectivity index (χ1) is 15.5. The highest BCUT2D eigenvalue weighted by Crippen LogP contribution is 2.32. The Hall–Kier alpha value is -2.93. The van der Waals surface area contributed by atoms with E-state index in [1.807, 2.05) is 56.3 Å². The van der Waals surface area contributed by atoms with Crippen molar-refractivity contribution >= 4 is 23.4 Å². The van der Waals surface area contributed by atoms with Gasteiger partial charge in [0.2, 0.25) is 0 Å². The van der Waals surface area contributed by atoms with Crippen molar-refractivity contribution < 1.29 is 18.8 Å². The fourth-order valence-corrected chi connectivity index (χ4v) is 4.28. The van der Waals surface area contributed by atoms with E-state index in [4.69, 9.17) is 14.0 Å². The Labute approximate surface area is 193 Å². The normalized spacial score (nSPS) is 10.8. The van der Waals surface area contributed by atoms with Crippen LogP contribution in [0, 0.1) is 13.8 Å². The molecule has 1 amide bonds. The fraction of sp³-hybridized carbons (Fsp3) is 0.360. The van der Waals surface area contributed by atoms with Crippen LogP contribution >= 0.6 is 11.8 Å². The van der Waals surface area contributed by atoms with Gasteiger partial charge >= 0.3 is 0 Å². The summed E-state index contributed by atoms with van der Waals surface area (Å²) < 4.78 is 16.9. The number of carbonyl (C=O) groups is 1. The number of ether oxygens (including phenoxy) is 2. The van der Waals surface area contributed by atoms with Gasteiger partial charge in [0, 0.05) is 28.0 Å². The van der Waals surface area contributed by atoms with Crippen molar-refractivity contribution in [3.8, 4) is 11.5 Å². The molecule has 6 nitrogen and oxygen atoms in total. The minimum Gasteiger partial charge on any atom is -0.490 e. The van der Waals surface area contributed by atoms with Gasteiger partial charge in [0.05, 0.1) is 24.5 Å². The molecule has 2 aromatic carbocycles. The van der Waals surface area contributed by atoms with Gasteiger partial charge in [-0.2, -0.15) is 0 Å². The van der Waals surface area contributed by atoms with Gasteiger partial charge in [0.1, 0.15) is 5.76 Å². The number of rotatable bonds is 11. The first kappa shape index (κ1) is 23.7. The Morgan fingerprint density at radius 1 is 1.03 bits per heavy atom. The monoisotopic (exact) mass is 454 g/mol. The molecule has 0 spiro atoms. The quantitative estimate of drug-likeness (QED) is 0.337. The second-order valence-corrected chi connectivity index (χ2v) is 8.42. The van der Waals surface area contributed by atoms with Gasteiger partial charge in [0.25, 0.3) is 5.91 Å². The summed E-state index contributed by atoms with van der Waals surface area (Å²) in [5.74, 6) is 2.65. The first-order valence-electron chi connectivity index (χ1n) is 10.9. The van der Waals surface area contributed by atoms with Crippen LogP contribution in [0.1, 0.15) is 54.1 Å². The van der Waals surface area contributed by atoms with E-state index < -0.39 is 0 Å². The van der Waals surface area contributed by atoms with E-state index >= 15 is 0 Å². The molecule has 3 rings (SSSR count). The summed E-state index contributed by atoms with van der Waals surface area (Å²) in [7, 11) is 0. The summed E-state index contributed by atoms with van der Waals surface area (Å²) in [4.78, 5) is 14.0. The maximum Gasteiger partial charge on any atom is 0.256 e. The highest BCUT2D eigenvalue weighted by Gasteiger charge is 2.16. The van der Waals surface area contributed by atoms with Crippen LogP contribution in [0.15, 0.2) is 51.9 Å². The lowest BCUT2D eigenvalue weighted by molar-refractivity contribution is 0.102. The maximum absolute atomic E-state index is 13.1. The topological polar surface area (TPSA) is 73.6 Å². The first-order valence-corrected chi connectivity index (χ1v) is 11.9. The Morgan fingerprint density at radius 2 is 1.75 bits per heavy atom. The average Bonchev–Trinajstić information content (AvgIpc) is 3.12. The maximum atomic E-state index is 13.1. The highest BCUT2D eigenvalue weighted by atomic mass is 32.2. The summed E-state index contributed by atoms with van der Waals surface area (Å²) in [5, 5.41) is 7.00. The summed E-state index contributed by atoms with van der Waals surface area (Å²) in [6, 6.07) is 13.1. The number of aryl methyl sites for hydroxylation is 2. The van der Waals surface area contributed by atoms with Gasteiger partial charge in [-0.3, -0.25) is 4.79 Å². The molecule has 0 aliphatic carbocycles. The Bertz CT molecular complexity index is 1030. The molecule has 1 aromatic heterocycles. The molecule has 0 bridgehead atoms. The summed E-state index contributed by atoms with van der Waals surface area (Å²) in [5.41, 5.74) is 3.22. The van der Waals surface area contributed by atoms with Crippen molar-refractivity contribution in [2.75, 3.05) is 18.5 Å². The number of aromatic nitrogens is 1. The van der Waals surface area contributed by atoms with Gasteiger partial charge in [-0.1, -0.05) is 31.1 Å². The number of nitrogens with zero attached hydrogens (tertiary/aromatic N) is 1. The molecule has 32 heavy (non-hydrogen) atoms. The molecule has 1 heterocycles. The van der Waals surface area contributed by atoms with Crippen LogP contribution in [0.2, 0.25) is 0 Å². The number of hydrogen-bond donors (Lipinski definition) is 1. The van der Waals surface area contributed by atoms with Crippen LogP contribution in [-0.4, -0.2) is 24.3 Å². The van der Waals surface area contributed by atoms with Crippen LogP contribution in [0.5, 0.6) is 11.5 Å². The minimum atomic E-state index is -0.171.